The van der Waals surface area contributed by atoms with Crippen molar-refractivity contribution in [2.24, 2.45) is 0 Å². The minimum Gasteiger partial charge on any atom is -0.357 e. The average molecular weight is 214 g/mol. The van der Waals surface area contributed by atoms with Gasteiger partial charge in [-0.25, -0.2) is 0 Å². The van der Waals surface area contributed by atoms with Crippen LogP contribution in [0.5, 0.6) is 0 Å². The van der Waals surface area contributed by atoms with Gasteiger partial charge in [0.25, 0.3) is 0 Å². The zero-order valence-corrected chi connectivity index (χ0v) is 10.2. The van der Waals surface area contributed by atoms with Crippen LogP contribution in [0.15, 0.2) is 0 Å². The Morgan fingerprint density at radius 2 is 1.87 bits per heavy atom. The molecule has 4 heteroatoms. The Labute approximate surface area is 92.0 Å². The third kappa shape index (κ3) is 3.90. The number of piperidine rings is 1. The number of nitrogens with one attached hydrogen (secondary N) is 1. The van der Waals surface area contributed by atoms with E-state index in [9.17, 15) is 9.59 Å². The molecule has 0 radical (unpaired) electrons. The fourth-order valence-corrected chi connectivity index (χ4v) is 1.75. The number of amides is 2. The van der Waals surface area contributed by atoms with Gasteiger partial charge >= 0.3 is 0 Å². The van der Waals surface area contributed by atoms with E-state index in [1.54, 1.807) is 11.9 Å². The molecule has 1 aliphatic heterocycles. The number of rotatable bonds is 1. The van der Waals surface area contributed by atoms with E-state index in [0.717, 1.165) is 19.3 Å². The van der Waals surface area contributed by atoms with Crippen molar-refractivity contribution >= 4 is 11.8 Å². The Morgan fingerprint density at radius 1 is 1.27 bits per heavy atom. The summed E-state index contributed by atoms with van der Waals surface area (Å²) >= 11 is 0. The molecule has 1 aliphatic rings. The maximum absolute atomic E-state index is 11.4. The Kier molecular flexibility index (Phi) is 6.75. The molecule has 0 aromatic heterocycles. The van der Waals surface area contributed by atoms with Crippen LogP contribution in [0, 0.1) is 0 Å². The van der Waals surface area contributed by atoms with Crippen LogP contribution in [0.4, 0.5) is 0 Å². The Bertz CT molecular complexity index is 217. The zero-order chi connectivity index (χ0) is 11.8. The van der Waals surface area contributed by atoms with Gasteiger partial charge in [-0.1, -0.05) is 13.8 Å². The van der Waals surface area contributed by atoms with Crippen LogP contribution < -0.4 is 5.32 Å². The van der Waals surface area contributed by atoms with Gasteiger partial charge in [-0.05, 0) is 19.3 Å². The van der Waals surface area contributed by atoms with Crippen molar-refractivity contribution in [3.63, 3.8) is 0 Å². The predicted molar refractivity (Wildman–Crippen MR) is 60.4 cm³/mol. The molecule has 4 nitrogen and oxygen atoms in total. The summed E-state index contributed by atoms with van der Waals surface area (Å²) in [6.07, 6.45) is 2.83. The van der Waals surface area contributed by atoms with Crippen LogP contribution in [0.1, 0.15) is 40.0 Å². The first-order valence-electron chi connectivity index (χ1n) is 5.65. The Morgan fingerprint density at radius 3 is 2.33 bits per heavy atom. The molecule has 1 fully saturated rings. The molecule has 0 aliphatic carbocycles. The summed E-state index contributed by atoms with van der Waals surface area (Å²) in [6.45, 7) is 6.23. The maximum Gasteiger partial charge on any atom is 0.242 e. The standard InChI is InChI=1S/C9H16N2O2.C2H6/c1-7(12)11-6-4-3-5-8(11)9(13)10-2;1-2/h8H,3-6H2,1-2H3,(H,10,13);1-2H3. The van der Waals surface area contributed by atoms with E-state index in [4.69, 9.17) is 0 Å². The molecule has 1 unspecified atom stereocenters. The van der Waals surface area contributed by atoms with E-state index in [1.807, 2.05) is 13.8 Å². The molecule has 15 heavy (non-hydrogen) atoms. The maximum atomic E-state index is 11.4. The van der Waals surface area contributed by atoms with E-state index in [-0.39, 0.29) is 17.9 Å². The second kappa shape index (κ2) is 7.26. The minimum atomic E-state index is -0.240. The number of likely N-dealkylation sites (tertiary alicyclic amines) is 1. The molecule has 0 aromatic carbocycles. The summed E-state index contributed by atoms with van der Waals surface area (Å²) in [5, 5.41) is 2.59. The van der Waals surface area contributed by atoms with Crippen molar-refractivity contribution in [2.45, 2.75) is 46.1 Å². The van der Waals surface area contributed by atoms with Crippen molar-refractivity contribution < 1.29 is 9.59 Å². The second-order valence-corrected chi connectivity index (χ2v) is 3.34. The summed E-state index contributed by atoms with van der Waals surface area (Å²) in [5.74, 6) is -0.0526. The van der Waals surface area contributed by atoms with Crippen molar-refractivity contribution in [3.8, 4) is 0 Å². The zero-order valence-electron chi connectivity index (χ0n) is 10.2. The highest BCUT2D eigenvalue weighted by Gasteiger charge is 2.29. The normalized spacial score (nSPS) is 20.0. The Hall–Kier alpha value is -1.06. The summed E-state index contributed by atoms with van der Waals surface area (Å²) in [4.78, 5) is 24.2. The molecule has 1 rings (SSSR count). The summed E-state index contributed by atoms with van der Waals surface area (Å²) in [5.41, 5.74) is 0. The summed E-state index contributed by atoms with van der Waals surface area (Å²) < 4.78 is 0. The van der Waals surface area contributed by atoms with Crippen molar-refractivity contribution in [3.05, 3.63) is 0 Å². The quantitative estimate of drug-likeness (QED) is 0.712. The van der Waals surface area contributed by atoms with Crippen LogP contribution in [0.3, 0.4) is 0 Å². The van der Waals surface area contributed by atoms with E-state index in [0.29, 0.717) is 6.54 Å². The summed E-state index contributed by atoms with van der Waals surface area (Å²) in [6, 6.07) is -0.240. The molecule has 88 valence electrons. The van der Waals surface area contributed by atoms with E-state index >= 15 is 0 Å². The molecule has 0 bridgehead atoms. The fraction of sp³-hybridized carbons (Fsp3) is 0.818. The lowest BCUT2D eigenvalue weighted by Gasteiger charge is -2.33. The van der Waals surface area contributed by atoms with Gasteiger partial charge in [-0.15, -0.1) is 0 Å². The molecular formula is C11H22N2O2. The minimum absolute atomic E-state index is 0.00620. The molecular weight excluding hydrogens is 192 g/mol. The van der Waals surface area contributed by atoms with Gasteiger partial charge in [0.2, 0.25) is 11.8 Å². The molecule has 0 saturated carbocycles. The van der Waals surface area contributed by atoms with Crippen LogP contribution in [0.2, 0.25) is 0 Å². The fourth-order valence-electron chi connectivity index (χ4n) is 1.75. The van der Waals surface area contributed by atoms with E-state index in [2.05, 4.69) is 5.32 Å². The van der Waals surface area contributed by atoms with Gasteiger partial charge in [-0.2, -0.15) is 0 Å². The Balaban J connectivity index is 0.000000921. The van der Waals surface area contributed by atoms with Gasteiger partial charge in [0, 0.05) is 20.5 Å². The van der Waals surface area contributed by atoms with Gasteiger partial charge in [0.15, 0.2) is 0 Å². The first-order valence-corrected chi connectivity index (χ1v) is 5.65. The van der Waals surface area contributed by atoms with E-state index < -0.39 is 0 Å². The van der Waals surface area contributed by atoms with Crippen molar-refractivity contribution in [1.29, 1.82) is 0 Å². The third-order valence-corrected chi connectivity index (χ3v) is 2.46. The van der Waals surface area contributed by atoms with E-state index in [1.165, 1.54) is 6.92 Å². The SMILES string of the molecule is CC.CNC(=O)C1CCCCN1C(C)=O. The van der Waals surface area contributed by atoms with Crippen molar-refractivity contribution in [2.75, 3.05) is 13.6 Å². The van der Waals surface area contributed by atoms with Crippen LogP contribution in [-0.2, 0) is 9.59 Å². The molecule has 2 amide bonds. The van der Waals surface area contributed by atoms with Gasteiger partial charge in [-0.3, -0.25) is 9.59 Å². The highest BCUT2D eigenvalue weighted by Crippen LogP contribution is 2.16. The number of likely N-dealkylation sites (N-methyl/N-ethyl adjacent to an activating group) is 1. The summed E-state index contributed by atoms with van der Waals surface area (Å²) in [7, 11) is 1.61. The largest absolute Gasteiger partial charge is 0.357 e. The number of nitrogens with zero attached hydrogens (tertiary/aromatic N) is 1. The lowest BCUT2D eigenvalue weighted by atomic mass is 10.0. The monoisotopic (exact) mass is 214 g/mol. The molecule has 0 aromatic rings. The number of hydrogen-bond acceptors (Lipinski definition) is 2. The molecule has 1 N–H and O–H groups in total. The highest BCUT2D eigenvalue weighted by atomic mass is 16.2. The molecule has 1 heterocycles. The first-order chi connectivity index (χ1) is 7.16. The second-order valence-electron chi connectivity index (χ2n) is 3.34. The smallest absolute Gasteiger partial charge is 0.242 e. The number of hydrogen-bond donors (Lipinski definition) is 1. The number of carbonyl (C=O) groups is 2. The lowest BCUT2D eigenvalue weighted by Crippen LogP contribution is -2.50. The van der Waals surface area contributed by atoms with Crippen molar-refractivity contribution in [1.82, 2.24) is 10.2 Å². The van der Waals surface area contributed by atoms with Crippen LogP contribution in [-0.4, -0.2) is 36.3 Å². The molecule has 0 spiro atoms. The number of carbonyl (C=O) groups excluding carboxylic acids is 2. The van der Waals surface area contributed by atoms with Gasteiger partial charge < -0.3 is 10.2 Å². The van der Waals surface area contributed by atoms with Gasteiger partial charge in [0.05, 0.1) is 0 Å². The van der Waals surface area contributed by atoms with Crippen LogP contribution in [0.25, 0.3) is 0 Å². The van der Waals surface area contributed by atoms with Crippen LogP contribution >= 0.6 is 0 Å². The van der Waals surface area contributed by atoms with Gasteiger partial charge in [0.1, 0.15) is 6.04 Å². The highest BCUT2D eigenvalue weighted by molar-refractivity contribution is 5.86. The molecule has 1 atom stereocenters. The topological polar surface area (TPSA) is 49.4 Å². The average Bonchev–Trinajstić information content (AvgIpc) is 2.30. The lowest BCUT2D eigenvalue weighted by molar-refractivity contribution is -0.140. The third-order valence-electron chi connectivity index (χ3n) is 2.46. The molecule has 1 saturated heterocycles. The first kappa shape index (κ1) is 13.9. The predicted octanol–water partition coefficient (Wildman–Crippen LogP) is 1.16.